The van der Waals surface area contributed by atoms with Crippen molar-refractivity contribution in [2.24, 2.45) is 11.8 Å². The second-order valence-electron chi connectivity index (χ2n) is 9.54. The van der Waals surface area contributed by atoms with Crippen LogP contribution in [0.5, 0.6) is 5.75 Å². The van der Waals surface area contributed by atoms with Crippen LogP contribution in [-0.4, -0.2) is 59.6 Å². The van der Waals surface area contributed by atoms with Crippen molar-refractivity contribution in [3.05, 3.63) is 59.2 Å². The first kappa shape index (κ1) is 30.2. The van der Waals surface area contributed by atoms with E-state index in [9.17, 15) is 28.4 Å². The predicted molar refractivity (Wildman–Crippen MR) is 137 cm³/mol. The van der Waals surface area contributed by atoms with Gasteiger partial charge in [0, 0.05) is 6.20 Å². The SMILES string of the molecule is CCC1C(=O)OCC(NC(=O)c2nccc(C)c2OC(=O)c2ccccc2F)C(=O)OC(C)C1OC(=O)C(C)C. The molecule has 4 atom stereocenters. The number of amides is 1. The van der Waals surface area contributed by atoms with Gasteiger partial charge in [-0.3, -0.25) is 14.4 Å². The Bertz CT molecular complexity index is 1300. The normalized spacial score (nSPS) is 21.3. The highest BCUT2D eigenvalue weighted by Gasteiger charge is 2.41. The lowest BCUT2D eigenvalue weighted by Gasteiger charge is -2.29. The monoisotopic (exact) mass is 558 g/mol. The van der Waals surface area contributed by atoms with E-state index in [0.29, 0.717) is 5.56 Å². The fourth-order valence-electron chi connectivity index (χ4n) is 3.92. The zero-order valence-corrected chi connectivity index (χ0v) is 22.8. The van der Waals surface area contributed by atoms with E-state index < -0.39 is 72.3 Å². The molecule has 0 radical (unpaired) electrons. The van der Waals surface area contributed by atoms with Crippen molar-refractivity contribution >= 4 is 29.8 Å². The summed E-state index contributed by atoms with van der Waals surface area (Å²) in [6, 6.07) is 5.18. The third-order valence-corrected chi connectivity index (χ3v) is 6.21. The van der Waals surface area contributed by atoms with E-state index in [1.54, 1.807) is 27.7 Å². The molecule has 0 bridgehead atoms. The standard InChI is InChI=1S/C28H31FN2O9/c1-6-17-23(40-25(33)14(2)3)16(5)38-28(36)20(13-37-26(17)34)31-24(32)21-22(15(4)11-12-30-21)39-27(35)18-9-7-8-10-19(18)29/h7-12,14,16-17,20,23H,6,13H2,1-5H3,(H,31,32). The van der Waals surface area contributed by atoms with E-state index in [1.807, 2.05) is 0 Å². The van der Waals surface area contributed by atoms with Gasteiger partial charge in [0.05, 0.1) is 17.4 Å². The number of nitrogens with zero attached hydrogens (tertiary/aromatic N) is 1. The van der Waals surface area contributed by atoms with Crippen LogP contribution in [0, 0.1) is 24.6 Å². The van der Waals surface area contributed by atoms with Crippen molar-refractivity contribution in [2.75, 3.05) is 6.61 Å². The molecule has 1 aromatic heterocycles. The summed E-state index contributed by atoms with van der Waals surface area (Å²) < 4.78 is 35.7. The van der Waals surface area contributed by atoms with E-state index in [0.717, 1.165) is 6.07 Å². The first-order valence-corrected chi connectivity index (χ1v) is 12.7. The van der Waals surface area contributed by atoms with Gasteiger partial charge in [-0.05, 0) is 44.0 Å². The Morgan fingerprint density at radius 1 is 1.15 bits per heavy atom. The Morgan fingerprint density at radius 2 is 1.85 bits per heavy atom. The van der Waals surface area contributed by atoms with Gasteiger partial charge in [0.25, 0.3) is 5.91 Å². The fourth-order valence-corrected chi connectivity index (χ4v) is 3.92. The summed E-state index contributed by atoms with van der Waals surface area (Å²) in [4.78, 5) is 67.9. The number of carbonyl (C=O) groups excluding carboxylic acids is 5. The average Bonchev–Trinajstić information content (AvgIpc) is 2.94. The van der Waals surface area contributed by atoms with Gasteiger partial charge < -0.3 is 24.3 Å². The summed E-state index contributed by atoms with van der Waals surface area (Å²) in [5.41, 5.74) is -0.384. The number of halogens is 1. The van der Waals surface area contributed by atoms with Crippen LogP contribution in [-0.2, 0) is 28.6 Å². The third kappa shape index (κ3) is 6.99. The molecule has 0 spiro atoms. The minimum atomic E-state index is -1.46. The molecule has 11 nitrogen and oxygen atoms in total. The van der Waals surface area contributed by atoms with Crippen molar-refractivity contribution in [3.63, 3.8) is 0 Å². The van der Waals surface area contributed by atoms with Gasteiger partial charge in [-0.25, -0.2) is 19.0 Å². The van der Waals surface area contributed by atoms with Crippen LogP contribution in [0.2, 0.25) is 0 Å². The number of hydrogen-bond donors (Lipinski definition) is 1. The second-order valence-corrected chi connectivity index (χ2v) is 9.54. The number of benzene rings is 1. The molecule has 12 heteroatoms. The van der Waals surface area contributed by atoms with Crippen LogP contribution in [0.25, 0.3) is 0 Å². The van der Waals surface area contributed by atoms with Gasteiger partial charge in [-0.2, -0.15) is 0 Å². The van der Waals surface area contributed by atoms with Crippen LogP contribution in [0.4, 0.5) is 4.39 Å². The lowest BCUT2D eigenvalue weighted by atomic mass is 9.95. The van der Waals surface area contributed by atoms with Crippen molar-refractivity contribution in [3.8, 4) is 5.75 Å². The number of aryl methyl sites for hydroxylation is 1. The van der Waals surface area contributed by atoms with Gasteiger partial charge in [0.1, 0.15) is 18.5 Å². The number of rotatable bonds is 7. The summed E-state index contributed by atoms with van der Waals surface area (Å²) in [5.74, 6) is -6.72. The van der Waals surface area contributed by atoms with E-state index in [1.165, 1.54) is 37.4 Å². The predicted octanol–water partition coefficient (Wildman–Crippen LogP) is 2.93. The van der Waals surface area contributed by atoms with Gasteiger partial charge in [-0.1, -0.05) is 32.9 Å². The maximum atomic E-state index is 14.1. The van der Waals surface area contributed by atoms with Crippen molar-refractivity contribution in [2.45, 2.75) is 59.3 Å². The molecule has 2 aromatic rings. The first-order valence-electron chi connectivity index (χ1n) is 12.7. The molecule has 1 fully saturated rings. The van der Waals surface area contributed by atoms with Gasteiger partial charge in [-0.15, -0.1) is 0 Å². The molecular formula is C28H31FN2O9. The molecule has 40 heavy (non-hydrogen) atoms. The quantitative estimate of drug-likeness (QED) is 0.397. The Morgan fingerprint density at radius 3 is 2.50 bits per heavy atom. The highest BCUT2D eigenvalue weighted by Crippen LogP contribution is 2.25. The number of esters is 4. The van der Waals surface area contributed by atoms with Crippen molar-refractivity contribution in [1.82, 2.24) is 10.3 Å². The van der Waals surface area contributed by atoms with E-state index in [2.05, 4.69) is 10.3 Å². The molecule has 1 aromatic carbocycles. The number of aromatic nitrogens is 1. The van der Waals surface area contributed by atoms with Crippen molar-refractivity contribution in [1.29, 1.82) is 0 Å². The zero-order chi connectivity index (χ0) is 29.6. The lowest BCUT2D eigenvalue weighted by Crippen LogP contribution is -2.47. The molecule has 214 valence electrons. The van der Waals surface area contributed by atoms with Gasteiger partial charge >= 0.3 is 23.9 Å². The topological polar surface area (TPSA) is 147 Å². The number of nitrogens with one attached hydrogen (secondary N) is 1. The molecule has 1 N–H and O–H groups in total. The minimum Gasteiger partial charge on any atom is -0.463 e. The van der Waals surface area contributed by atoms with Crippen LogP contribution in [0.1, 0.15) is 60.5 Å². The highest BCUT2D eigenvalue weighted by molar-refractivity contribution is 5.99. The third-order valence-electron chi connectivity index (χ3n) is 6.21. The van der Waals surface area contributed by atoms with Crippen LogP contribution < -0.4 is 10.1 Å². The Kier molecular flexibility index (Phi) is 9.92. The highest BCUT2D eigenvalue weighted by atomic mass is 19.1. The maximum absolute atomic E-state index is 14.1. The molecule has 0 saturated carbocycles. The van der Waals surface area contributed by atoms with E-state index >= 15 is 0 Å². The molecule has 3 rings (SSSR count). The van der Waals surface area contributed by atoms with E-state index in [4.69, 9.17) is 18.9 Å². The smallest absolute Gasteiger partial charge is 0.346 e. The summed E-state index contributed by atoms with van der Waals surface area (Å²) in [5, 5.41) is 2.39. The second kappa shape index (κ2) is 13.1. The summed E-state index contributed by atoms with van der Waals surface area (Å²) >= 11 is 0. The molecule has 0 aliphatic carbocycles. The fraction of sp³-hybridized carbons (Fsp3) is 0.429. The molecule has 1 aliphatic heterocycles. The van der Waals surface area contributed by atoms with Gasteiger partial charge in [0.15, 0.2) is 23.6 Å². The Hall–Kier alpha value is -4.35. The number of carbonyl (C=O) groups is 5. The largest absolute Gasteiger partial charge is 0.463 e. The molecule has 2 heterocycles. The zero-order valence-electron chi connectivity index (χ0n) is 22.8. The average molecular weight is 559 g/mol. The lowest BCUT2D eigenvalue weighted by molar-refractivity contribution is -0.176. The van der Waals surface area contributed by atoms with Gasteiger partial charge in [0.2, 0.25) is 0 Å². The maximum Gasteiger partial charge on any atom is 0.346 e. The Labute approximate surface area is 230 Å². The number of hydrogen-bond acceptors (Lipinski definition) is 10. The van der Waals surface area contributed by atoms with Crippen LogP contribution in [0.15, 0.2) is 36.5 Å². The van der Waals surface area contributed by atoms with Crippen LogP contribution >= 0.6 is 0 Å². The number of pyridine rings is 1. The number of cyclic esters (lactones) is 2. The minimum absolute atomic E-state index is 0.234. The van der Waals surface area contributed by atoms with E-state index in [-0.39, 0.29) is 23.4 Å². The first-order chi connectivity index (χ1) is 18.9. The molecular weight excluding hydrogens is 527 g/mol. The summed E-state index contributed by atoms with van der Waals surface area (Å²) in [6.07, 6.45) is -0.626. The molecule has 4 unspecified atom stereocenters. The summed E-state index contributed by atoms with van der Waals surface area (Å²) in [7, 11) is 0. The van der Waals surface area contributed by atoms with Crippen molar-refractivity contribution < 1.29 is 47.3 Å². The Balaban J connectivity index is 1.84. The molecule has 1 aliphatic rings. The molecule has 1 saturated heterocycles. The molecule has 1 amide bonds. The number of ether oxygens (including phenoxy) is 4. The summed E-state index contributed by atoms with van der Waals surface area (Å²) in [6.45, 7) is 7.39. The van der Waals surface area contributed by atoms with Crippen LogP contribution in [0.3, 0.4) is 0 Å².